The third-order valence-electron chi connectivity index (χ3n) is 2.97. The number of phenols is 1. The predicted molar refractivity (Wildman–Crippen MR) is 80.5 cm³/mol. The maximum absolute atomic E-state index is 9.52. The van der Waals surface area contributed by atoms with Gasteiger partial charge in [-0.2, -0.15) is 0 Å². The maximum Gasteiger partial charge on any atom is 0.118 e. The number of rotatable bonds is 2. The Balaban J connectivity index is 2.15. The first-order valence-electron chi connectivity index (χ1n) is 5.74. The fourth-order valence-corrected chi connectivity index (χ4v) is 3.56. The molecule has 0 saturated heterocycles. The number of hydrogen-bond donors (Lipinski definition) is 1. The fraction of sp³-hybridized carbons (Fsp3) is 0.0667. The van der Waals surface area contributed by atoms with Crippen molar-refractivity contribution in [3.8, 4) is 21.9 Å². The van der Waals surface area contributed by atoms with Gasteiger partial charge in [-0.25, -0.2) is 0 Å². The minimum atomic E-state index is 0.256. The quantitative estimate of drug-likeness (QED) is 0.724. The summed E-state index contributed by atoms with van der Waals surface area (Å²) < 4.78 is 6.13. The minimum Gasteiger partial charge on any atom is -0.508 e. The summed E-state index contributed by atoms with van der Waals surface area (Å²) in [6, 6.07) is 13.0. The van der Waals surface area contributed by atoms with Gasteiger partial charge >= 0.3 is 0 Å². The van der Waals surface area contributed by atoms with Gasteiger partial charge in [0, 0.05) is 10.1 Å². The van der Waals surface area contributed by atoms with E-state index in [1.807, 2.05) is 30.3 Å². The van der Waals surface area contributed by atoms with Gasteiger partial charge in [-0.05, 0) is 48.0 Å². The zero-order chi connectivity index (χ0) is 13.4. The molecule has 0 radical (unpaired) electrons. The molecule has 0 unspecified atom stereocenters. The van der Waals surface area contributed by atoms with Gasteiger partial charge in [0.1, 0.15) is 11.5 Å². The van der Waals surface area contributed by atoms with E-state index in [1.165, 1.54) is 0 Å². The van der Waals surface area contributed by atoms with Crippen LogP contribution in [0.1, 0.15) is 0 Å². The molecule has 3 rings (SSSR count). The smallest absolute Gasteiger partial charge is 0.118 e. The second-order valence-electron chi connectivity index (χ2n) is 4.15. The minimum absolute atomic E-state index is 0.256. The Morgan fingerprint density at radius 1 is 1.11 bits per heavy atom. The molecule has 1 aromatic heterocycles. The largest absolute Gasteiger partial charge is 0.508 e. The maximum atomic E-state index is 9.52. The van der Waals surface area contributed by atoms with Crippen LogP contribution in [0.5, 0.6) is 11.5 Å². The molecule has 0 aliphatic rings. The van der Waals surface area contributed by atoms with Crippen LogP contribution in [0.3, 0.4) is 0 Å². The van der Waals surface area contributed by atoms with Gasteiger partial charge in [0.15, 0.2) is 0 Å². The van der Waals surface area contributed by atoms with E-state index >= 15 is 0 Å². The Kier molecular flexibility index (Phi) is 3.09. The molecule has 0 bridgehead atoms. The molecule has 96 valence electrons. The first kappa shape index (κ1) is 12.3. The molecule has 2 aromatic carbocycles. The summed E-state index contributed by atoms with van der Waals surface area (Å²) in [6.07, 6.45) is 0. The molecule has 0 amide bonds. The standard InChI is InChI=1S/C15H11ClO2S/c1-18-11-5-2-9(3-6-11)15-14(16)12-7-4-10(17)8-13(12)19-15/h2-8,17H,1H3. The second-order valence-corrected chi connectivity index (χ2v) is 5.58. The summed E-state index contributed by atoms with van der Waals surface area (Å²) in [5.74, 6) is 1.07. The van der Waals surface area contributed by atoms with Gasteiger partial charge in [-0.3, -0.25) is 0 Å². The van der Waals surface area contributed by atoms with E-state index in [1.54, 1.807) is 30.6 Å². The van der Waals surface area contributed by atoms with Gasteiger partial charge < -0.3 is 9.84 Å². The number of aromatic hydroxyl groups is 1. The summed E-state index contributed by atoms with van der Waals surface area (Å²) in [5, 5.41) is 11.2. The first-order valence-corrected chi connectivity index (χ1v) is 6.94. The zero-order valence-electron chi connectivity index (χ0n) is 10.2. The number of benzene rings is 2. The molecule has 0 aliphatic carbocycles. The van der Waals surface area contributed by atoms with Gasteiger partial charge in [-0.15, -0.1) is 11.3 Å². The van der Waals surface area contributed by atoms with E-state index in [0.717, 1.165) is 31.3 Å². The Bertz CT molecular complexity index is 732. The Morgan fingerprint density at radius 3 is 2.53 bits per heavy atom. The van der Waals surface area contributed by atoms with Crippen molar-refractivity contribution in [3.05, 3.63) is 47.5 Å². The van der Waals surface area contributed by atoms with E-state index in [-0.39, 0.29) is 5.75 Å². The molecule has 3 aromatic rings. The predicted octanol–water partition coefficient (Wildman–Crippen LogP) is 4.94. The monoisotopic (exact) mass is 290 g/mol. The van der Waals surface area contributed by atoms with Crippen molar-refractivity contribution in [2.45, 2.75) is 0 Å². The average Bonchev–Trinajstić information content (AvgIpc) is 2.75. The number of hydrogen-bond acceptors (Lipinski definition) is 3. The van der Waals surface area contributed by atoms with Crippen molar-refractivity contribution in [3.63, 3.8) is 0 Å². The van der Waals surface area contributed by atoms with Gasteiger partial charge in [0.2, 0.25) is 0 Å². The molecule has 2 nitrogen and oxygen atoms in total. The van der Waals surface area contributed by atoms with E-state index in [4.69, 9.17) is 16.3 Å². The fourth-order valence-electron chi connectivity index (χ4n) is 1.98. The van der Waals surface area contributed by atoms with Crippen molar-refractivity contribution in [2.24, 2.45) is 0 Å². The van der Waals surface area contributed by atoms with Gasteiger partial charge in [-0.1, -0.05) is 11.6 Å². The number of thiophene rings is 1. The van der Waals surface area contributed by atoms with E-state index in [2.05, 4.69) is 0 Å². The average molecular weight is 291 g/mol. The lowest BCUT2D eigenvalue weighted by Gasteiger charge is -2.01. The number of methoxy groups -OCH3 is 1. The molecule has 0 saturated carbocycles. The van der Waals surface area contributed by atoms with Crippen molar-refractivity contribution in [1.29, 1.82) is 0 Å². The summed E-state index contributed by atoms with van der Waals surface area (Å²) >= 11 is 7.99. The van der Waals surface area contributed by atoms with Crippen LogP contribution in [0.25, 0.3) is 20.5 Å². The highest BCUT2D eigenvalue weighted by atomic mass is 35.5. The highest BCUT2D eigenvalue weighted by molar-refractivity contribution is 7.23. The summed E-state index contributed by atoms with van der Waals surface area (Å²) in [6.45, 7) is 0. The van der Waals surface area contributed by atoms with E-state index in [9.17, 15) is 5.11 Å². The van der Waals surface area contributed by atoms with E-state index in [0.29, 0.717) is 0 Å². The highest BCUT2D eigenvalue weighted by Gasteiger charge is 2.12. The molecular weight excluding hydrogens is 280 g/mol. The molecule has 1 N–H and O–H groups in total. The number of phenolic OH excluding ortho intramolecular Hbond substituents is 1. The molecule has 1 heterocycles. The summed E-state index contributed by atoms with van der Waals surface area (Å²) in [7, 11) is 1.64. The third kappa shape index (κ3) is 2.15. The normalized spacial score (nSPS) is 10.8. The van der Waals surface area contributed by atoms with Crippen LogP contribution in [0.2, 0.25) is 5.02 Å². The van der Waals surface area contributed by atoms with Gasteiger partial charge in [0.25, 0.3) is 0 Å². The van der Waals surface area contributed by atoms with E-state index < -0.39 is 0 Å². The summed E-state index contributed by atoms with van der Waals surface area (Å²) in [5.41, 5.74) is 1.05. The third-order valence-corrected chi connectivity index (χ3v) is 4.67. The molecule has 0 spiro atoms. The van der Waals surface area contributed by atoms with Crippen LogP contribution in [0, 0.1) is 0 Å². The van der Waals surface area contributed by atoms with Crippen molar-refractivity contribution in [1.82, 2.24) is 0 Å². The van der Waals surface area contributed by atoms with Crippen LogP contribution < -0.4 is 4.74 Å². The van der Waals surface area contributed by atoms with Crippen LogP contribution in [-0.4, -0.2) is 12.2 Å². The molecule has 4 heteroatoms. The Morgan fingerprint density at radius 2 is 1.84 bits per heavy atom. The lowest BCUT2D eigenvalue weighted by atomic mass is 10.1. The number of ether oxygens (including phenoxy) is 1. The topological polar surface area (TPSA) is 29.5 Å². The van der Waals surface area contributed by atoms with Crippen LogP contribution in [0.4, 0.5) is 0 Å². The molecule has 19 heavy (non-hydrogen) atoms. The first-order chi connectivity index (χ1) is 9.19. The molecule has 0 fully saturated rings. The molecule has 0 atom stereocenters. The Hall–Kier alpha value is -1.71. The van der Waals surface area contributed by atoms with Crippen LogP contribution >= 0.6 is 22.9 Å². The van der Waals surface area contributed by atoms with Crippen molar-refractivity contribution in [2.75, 3.05) is 7.11 Å². The van der Waals surface area contributed by atoms with Gasteiger partial charge in [0.05, 0.1) is 17.0 Å². The molecule has 0 aliphatic heterocycles. The zero-order valence-corrected chi connectivity index (χ0v) is 11.8. The lowest BCUT2D eigenvalue weighted by Crippen LogP contribution is -1.81. The Labute approximate surface area is 119 Å². The van der Waals surface area contributed by atoms with Crippen molar-refractivity contribution >= 4 is 33.0 Å². The summed E-state index contributed by atoms with van der Waals surface area (Å²) in [4.78, 5) is 1.00. The SMILES string of the molecule is COc1ccc(-c2sc3cc(O)ccc3c2Cl)cc1. The second kappa shape index (κ2) is 4.76. The van der Waals surface area contributed by atoms with Crippen LogP contribution in [0.15, 0.2) is 42.5 Å². The van der Waals surface area contributed by atoms with Crippen LogP contribution in [-0.2, 0) is 0 Å². The van der Waals surface area contributed by atoms with Crippen molar-refractivity contribution < 1.29 is 9.84 Å². The number of halogens is 1. The highest BCUT2D eigenvalue weighted by Crippen LogP contribution is 2.43. The lowest BCUT2D eigenvalue weighted by molar-refractivity contribution is 0.415. The molecular formula is C15H11ClO2S. The number of fused-ring (bicyclic) bond motifs is 1.